The zero-order valence-electron chi connectivity index (χ0n) is 10.6. The van der Waals surface area contributed by atoms with Crippen LogP contribution in [0.3, 0.4) is 0 Å². The van der Waals surface area contributed by atoms with Crippen molar-refractivity contribution >= 4 is 40.9 Å². The number of halogens is 1. The van der Waals surface area contributed by atoms with E-state index >= 15 is 0 Å². The van der Waals surface area contributed by atoms with Crippen molar-refractivity contribution in [2.24, 2.45) is 5.10 Å². The lowest BCUT2D eigenvalue weighted by atomic mass is 10.3. The van der Waals surface area contributed by atoms with Gasteiger partial charge in [-0.2, -0.15) is 5.10 Å². The number of hydrogen-bond donors (Lipinski definition) is 2. The summed E-state index contributed by atoms with van der Waals surface area (Å²) in [6, 6.07) is 10.2. The Balaban J connectivity index is 1.91. The van der Waals surface area contributed by atoms with E-state index in [0.29, 0.717) is 15.8 Å². The SMILES string of the molecule is COc1ccccc1NC(=O)N/N=C\c1ccc(Cl)s1. The fraction of sp³-hybridized carbons (Fsp3) is 0.0769. The van der Waals surface area contributed by atoms with Gasteiger partial charge in [-0.1, -0.05) is 23.7 Å². The fourth-order valence-corrected chi connectivity index (χ4v) is 2.38. The molecule has 0 saturated carbocycles. The lowest BCUT2D eigenvalue weighted by Crippen LogP contribution is -2.24. The van der Waals surface area contributed by atoms with Gasteiger partial charge in [-0.05, 0) is 24.3 Å². The third-order valence-corrected chi connectivity index (χ3v) is 3.47. The first-order valence-electron chi connectivity index (χ1n) is 5.67. The number of nitrogens with one attached hydrogen (secondary N) is 2. The molecule has 0 saturated heterocycles. The minimum Gasteiger partial charge on any atom is -0.495 e. The van der Waals surface area contributed by atoms with Gasteiger partial charge in [0.1, 0.15) is 5.75 Å². The number of thiophene rings is 1. The van der Waals surface area contributed by atoms with E-state index < -0.39 is 6.03 Å². The molecule has 104 valence electrons. The molecule has 0 aliphatic carbocycles. The highest BCUT2D eigenvalue weighted by atomic mass is 35.5. The minimum absolute atomic E-state index is 0.451. The molecule has 0 aliphatic heterocycles. The molecule has 1 aromatic heterocycles. The van der Waals surface area contributed by atoms with Crippen LogP contribution < -0.4 is 15.5 Å². The summed E-state index contributed by atoms with van der Waals surface area (Å²) in [5.74, 6) is 0.580. The number of methoxy groups -OCH3 is 1. The molecule has 1 aromatic carbocycles. The smallest absolute Gasteiger partial charge is 0.339 e. The highest BCUT2D eigenvalue weighted by Crippen LogP contribution is 2.22. The van der Waals surface area contributed by atoms with Crippen molar-refractivity contribution in [1.29, 1.82) is 0 Å². The van der Waals surface area contributed by atoms with Gasteiger partial charge >= 0.3 is 6.03 Å². The molecule has 0 atom stereocenters. The Kier molecular flexibility index (Phi) is 4.97. The number of anilines is 1. The number of ether oxygens (including phenoxy) is 1. The maximum atomic E-state index is 11.7. The summed E-state index contributed by atoms with van der Waals surface area (Å²) < 4.78 is 5.80. The van der Waals surface area contributed by atoms with E-state index in [4.69, 9.17) is 16.3 Å². The quantitative estimate of drug-likeness (QED) is 0.670. The Hall–Kier alpha value is -2.05. The molecule has 20 heavy (non-hydrogen) atoms. The van der Waals surface area contributed by atoms with Crippen LogP contribution in [0, 0.1) is 0 Å². The van der Waals surface area contributed by atoms with Gasteiger partial charge in [0.05, 0.1) is 23.3 Å². The van der Waals surface area contributed by atoms with Gasteiger partial charge in [0.2, 0.25) is 0 Å². The molecule has 2 N–H and O–H groups in total. The van der Waals surface area contributed by atoms with Crippen LogP contribution in [0.5, 0.6) is 5.75 Å². The van der Waals surface area contributed by atoms with Crippen LogP contribution in [0.15, 0.2) is 41.5 Å². The van der Waals surface area contributed by atoms with Crippen LogP contribution in [0.2, 0.25) is 4.34 Å². The van der Waals surface area contributed by atoms with E-state index in [1.54, 1.807) is 24.3 Å². The second-order valence-corrected chi connectivity index (χ2v) is 5.41. The van der Waals surface area contributed by atoms with E-state index in [0.717, 1.165) is 4.88 Å². The molecular formula is C13H12ClN3O2S. The number of hydrogen-bond acceptors (Lipinski definition) is 4. The van der Waals surface area contributed by atoms with E-state index in [1.807, 2.05) is 12.1 Å². The third kappa shape index (κ3) is 3.97. The van der Waals surface area contributed by atoms with Crippen LogP contribution >= 0.6 is 22.9 Å². The summed E-state index contributed by atoms with van der Waals surface area (Å²) in [6.45, 7) is 0. The molecule has 7 heteroatoms. The second kappa shape index (κ2) is 6.93. The molecule has 2 aromatic rings. The van der Waals surface area contributed by atoms with Crippen molar-refractivity contribution in [3.05, 3.63) is 45.6 Å². The summed E-state index contributed by atoms with van der Waals surface area (Å²) in [5, 5.41) is 6.47. The Bertz CT molecular complexity index is 628. The molecule has 2 amide bonds. The number of nitrogens with zero attached hydrogens (tertiary/aromatic N) is 1. The largest absolute Gasteiger partial charge is 0.495 e. The number of carbonyl (C=O) groups is 1. The Morgan fingerprint density at radius 2 is 2.15 bits per heavy atom. The lowest BCUT2D eigenvalue weighted by Gasteiger charge is -2.08. The van der Waals surface area contributed by atoms with Gasteiger partial charge in [-0.15, -0.1) is 11.3 Å². The normalized spacial score (nSPS) is 10.5. The van der Waals surface area contributed by atoms with E-state index in [9.17, 15) is 4.79 Å². The monoisotopic (exact) mass is 309 g/mol. The molecule has 0 aliphatic rings. The number of urea groups is 1. The van der Waals surface area contributed by atoms with Gasteiger partial charge in [0.15, 0.2) is 0 Å². The van der Waals surface area contributed by atoms with Crippen LogP contribution in [0.1, 0.15) is 4.88 Å². The lowest BCUT2D eigenvalue weighted by molar-refractivity contribution is 0.252. The summed E-state index contributed by atoms with van der Waals surface area (Å²) in [7, 11) is 1.54. The summed E-state index contributed by atoms with van der Waals surface area (Å²) in [6.07, 6.45) is 1.53. The maximum Gasteiger partial charge on any atom is 0.339 e. The zero-order valence-corrected chi connectivity index (χ0v) is 12.2. The Morgan fingerprint density at radius 1 is 1.35 bits per heavy atom. The van der Waals surface area contributed by atoms with Gasteiger partial charge in [0.25, 0.3) is 0 Å². The van der Waals surface area contributed by atoms with Crippen molar-refractivity contribution in [3.8, 4) is 5.75 Å². The first kappa shape index (κ1) is 14.4. The number of para-hydroxylation sites is 2. The van der Waals surface area contributed by atoms with Crippen molar-refractivity contribution in [1.82, 2.24) is 5.43 Å². The molecule has 0 radical (unpaired) electrons. The molecule has 0 spiro atoms. The molecule has 0 unspecified atom stereocenters. The number of hydrazone groups is 1. The molecular weight excluding hydrogens is 298 g/mol. The second-order valence-electron chi connectivity index (χ2n) is 3.67. The summed E-state index contributed by atoms with van der Waals surface area (Å²) in [5.41, 5.74) is 2.94. The molecule has 0 fully saturated rings. The predicted octanol–water partition coefficient (Wildman–Crippen LogP) is 3.57. The van der Waals surface area contributed by atoms with Crippen molar-refractivity contribution in [2.75, 3.05) is 12.4 Å². The highest BCUT2D eigenvalue weighted by Gasteiger charge is 2.05. The standard InChI is InChI=1S/C13H12ClN3O2S/c1-19-11-5-3-2-4-10(11)16-13(18)17-15-8-9-6-7-12(14)20-9/h2-8H,1H3,(H2,16,17,18)/b15-8-. The van der Waals surface area contributed by atoms with E-state index in [1.165, 1.54) is 24.7 Å². The van der Waals surface area contributed by atoms with Crippen molar-refractivity contribution in [2.45, 2.75) is 0 Å². The molecule has 1 heterocycles. The van der Waals surface area contributed by atoms with Gasteiger partial charge in [0, 0.05) is 4.88 Å². The number of rotatable bonds is 4. The Morgan fingerprint density at radius 3 is 2.85 bits per heavy atom. The van der Waals surface area contributed by atoms with E-state index in [-0.39, 0.29) is 0 Å². The maximum absolute atomic E-state index is 11.7. The number of amides is 2. The fourth-order valence-electron chi connectivity index (χ4n) is 1.45. The highest BCUT2D eigenvalue weighted by molar-refractivity contribution is 7.17. The third-order valence-electron chi connectivity index (χ3n) is 2.31. The Labute approximate surface area is 125 Å². The average Bonchev–Trinajstić information content (AvgIpc) is 2.85. The number of carbonyl (C=O) groups excluding carboxylic acids is 1. The van der Waals surface area contributed by atoms with Crippen LogP contribution in [-0.2, 0) is 0 Å². The molecule has 2 rings (SSSR count). The van der Waals surface area contributed by atoms with Gasteiger partial charge in [-0.25, -0.2) is 10.2 Å². The van der Waals surface area contributed by atoms with Crippen molar-refractivity contribution in [3.63, 3.8) is 0 Å². The average molecular weight is 310 g/mol. The predicted molar refractivity (Wildman–Crippen MR) is 82.1 cm³/mol. The minimum atomic E-state index is -0.451. The first-order chi connectivity index (χ1) is 9.69. The molecule has 5 nitrogen and oxygen atoms in total. The van der Waals surface area contributed by atoms with Gasteiger partial charge in [-0.3, -0.25) is 0 Å². The van der Waals surface area contributed by atoms with Crippen LogP contribution in [0.25, 0.3) is 0 Å². The van der Waals surface area contributed by atoms with Crippen LogP contribution in [-0.4, -0.2) is 19.4 Å². The van der Waals surface area contributed by atoms with Crippen LogP contribution in [0.4, 0.5) is 10.5 Å². The number of benzene rings is 1. The van der Waals surface area contributed by atoms with Gasteiger partial charge < -0.3 is 10.1 Å². The van der Waals surface area contributed by atoms with E-state index in [2.05, 4.69) is 15.8 Å². The summed E-state index contributed by atoms with van der Waals surface area (Å²) in [4.78, 5) is 12.5. The summed E-state index contributed by atoms with van der Waals surface area (Å²) >= 11 is 7.16. The van der Waals surface area contributed by atoms with Crippen molar-refractivity contribution < 1.29 is 9.53 Å². The topological polar surface area (TPSA) is 62.7 Å². The molecule has 0 bridgehead atoms. The zero-order chi connectivity index (χ0) is 14.4. The first-order valence-corrected chi connectivity index (χ1v) is 6.87.